The summed E-state index contributed by atoms with van der Waals surface area (Å²) >= 11 is 0. The van der Waals surface area contributed by atoms with Gasteiger partial charge in [-0.1, -0.05) is 45.4 Å². The first-order chi connectivity index (χ1) is 15.9. The fourth-order valence-electron chi connectivity index (χ4n) is 6.56. The number of oxazole rings is 1. The van der Waals surface area contributed by atoms with Crippen LogP contribution >= 0.6 is 0 Å². The number of nitrogens with zero attached hydrogens (tertiary/aromatic N) is 1. The normalized spacial score (nSPS) is 26.4. The molecule has 0 spiro atoms. The van der Waals surface area contributed by atoms with Crippen LogP contribution < -0.4 is 0 Å². The van der Waals surface area contributed by atoms with Crippen LogP contribution in [0.4, 0.5) is 0 Å². The van der Waals surface area contributed by atoms with Crippen LogP contribution in [0.1, 0.15) is 66.2 Å². The summed E-state index contributed by atoms with van der Waals surface area (Å²) in [6.45, 7) is 8.75. The fraction of sp³-hybridized carbons (Fsp3) is 0.552. The molecule has 0 aliphatic heterocycles. The van der Waals surface area contributed by atoms with Gasteiger partial charge in [-0.25, -0.2) is 0 Å². The first-order valence-electron chi connectivity index (χ1n) is 12.6. The predicted molar refractivity (Wildman–Crippen MR) is 133 cm³/mol. The summed E-state index contributed by atoms with van der Waals surface area (Å²) in [4.78, 5) is 4.39. The number of rotatable bonds is 5. The molecule has 2 aliphatic carbocycles. The average Bonchev–Trinajstić information content (AvgIpc) is 3.50. The van der Waals surface area contributed by atoms with Crippen LogP contribution in [0.2, 0.25) is 0 Å². The van der Waals surface area contributed by atoms with E-state index in [2.05, 4.69) is 38.7 Å². The van der Waals surface area contributed by atoms with Gasteiger partial charge in [0.25, 0.3) is 0 Å². The van der Waals surface area contributed by atoms with Crippen molar-refractivity contribution in [1.82, 2.24) is 4.98 Å². The van der Waals surface area contributed by atoms with Gasteiger partial charge in [-0.3, -0.25) is 4.98 Å². The predicted octanol–water partition coefficient (Wildman–Crippen LogP) is 6.65. The van der Waals surface area contributed by atoms with Crippen LogP contribution in [0.15, 0.2) is 52.9 Å². The Bertz CT molecular complexity index is 981. The molecule has 34 heavy (non-hydrogen) atoms. The number of aromatic nitrogens is 1. The van der Waals surface area contributed by atoms with Crippen molar-refractivity contribution in [3.63, 3.8) is 0 Å². The van der Waals surface area contributed by atoms with Crippen LogP contribution in [-0.2, 0) is 20.1 Å². The second-order valence-corrected chi connectivity index (χ2v) is 10.0. The van der Waals surface area contributed by atoms with Gasteiger partial charge in [0.1, 0.15) is 11.5 Å². The third-order valence-corrected chi connectivity index (χ3v) is 8.92. The molecule has 0 amide bonds. The minimum Gasteiger partial charge on any atom is -0.481 e. The van der Waals surface area contributed by atoms with Gasteiger partial charge < -0.3 is 14.6 Å². The van der Waals surface area contributed by atoms with E-state index in [1.54, 1.807) is 0 Å². The number of benzene rings is 2. The van der Waals surface area contributed by atoms with E-state index in [-0.39, 0.29) is 49.1 Å². The molecule has 1 aromatic heterocycles. The molecular weight excluding hydrogens is 603 g/mol. The molecule has 2 atom stereocenters. The second-order valence-electron chi connectivity index (χ2n) is 10.0. The summed E-state index contributed by atoms with van der Waals surface area (Å²) in [7, 11) is 0. The van der Waals surface area contributed by atoms with Crippen LogP contribution in [0.25, 0.3) is 22.6 Å². The van der Waals surface area contributed by atoms with E-state index < -0.39 is 0 Å². The van der Waals surface area contributed by atoms with Crippen molar-refractivity contribution in [2.75, 3.05) is 0 Å². The van der Waals surface area contributed by atoms with Crippen LogP contribution in [0.3, 0.4) is 0 Å². The molecule has 2 unspecified atom stereocenters. The zero-order chi connectivity index (χ0) is 23.6. The Balaban J connectivity index is 0.000000187. The maximum atomic E-state index is 10.7. The molecule has 0 bridgehead atoms. The van der Waals surface area contributed by atoms with E-state index in [0.29, 0.717) is 11.8 Å². The quantitative estimate of drug-likeness (QED) is 0.307. The topological polar surface area (TPSA) is 66.5 Å². The van der Waals surface area contributed by atoms with E-state index in [0.717, 1.165) is 55.2 Å². The molecule has 4 nitrogen and oxygen atoms in total. The Labute approximate surface area is 217 Å². The van der Waals surface area contributed by atoms with Crippen molar-refractivity contribution in [3.05, 3.63) is 54.6 Å². The Hall–Kier alpha value is -1.52. The fourth-order valence-corrected chi connectivity index (χ4v) is 6.56. The molecule has 5 rings (SSSR count). The van der Waals surface area contributed by atoms with Crippen LogP contribution in [0, 0.1) is 28.7 Å². The molecule has 2 N–H and O–H groups in total. The van der Waals surface area contributed by atoms with Gasteiger partial charge in [0.2, 0.25) is 0 Å². The monoisotopic (exact) mass is 641 g/mol. The van der Waals surface area contributed by atoms with E-state index in [1.807, 2.05) is 48.5 Å². The second kappa shape index (κ2) is 11.0. The van der Waals surface area contributed by atoms with Gasteiger partial charge in [0, 0.05) is 26.0 Å². The van der Waals surface area contributed by atoms with E-state index in [9.17, 15) is 10.2 Å². The SMILES string of the molecule is CCC1(CC)CC2CC(CC)(CC)C(O)C2C1O.[Ir].[c-]1ccccc1-c1nc2ccccc2o1. The standard InChI is InChI=1S/C16H30O2.C13H8NO.Ir/c1-5-15(6-2)9-11-10-16(7-3,8-4)14(18)12(11)13(15)17;1-2-6-10(7-3-1)13-14-11-8-4-5-9-12(11)15-13;/h11-14,17-18H,5-10H2,1-4H3;1-6,8-9H;/q;-1;. The minimum atomic E-state index is -0.299. The van der Waals surface area contributed by atoms with E-state index >= 15 is 0 Å². The largest absolute Gasteiger partial charge is 0.481 e. The zero-order valence-electron chi connectivity index (χ0n) is 20.8. The van der Waals surface area contributed by atoms with Gasteiger partial charge in [0.05, 0.1) is 17.7 Å². The Morgan fingerprint density at radius 3 is 1.91 bits per heavy atom. The summed E-state index contributed by atoms with van der Waals surface area (Å²) in [5, 5.41) is 21.5. The molecule has 3 aromatic rings. The third kappa shape index (κ3) is 4.65. The van der Waals surface area contributed by atoms with Crippen molar-refractivity contribution in [3.8, 4) is 11.5 Å². The molecule has 2 aromatic carbocycles. The average molecular weight is 641 g/mol. The summed E-state index contributed by atoms with van der Waals surface area (Å²) in [5.74, 6) is 1.29. The number of aliphatic hydroxyl groups is 2. The summed E-state index contributed by atoms with van der Waals surface area (Å²) < 4.78 is 5.61. The molecule has 1 radical (unpaired) electrons. The first-order valence-corrected chi connectivity index (χ1v) is 12.6. The Morgan fingerprint density at radius 2 is 1.44 bits per heavy atom. The van der Waals surface area contributed by atoms with Gasteiger partial charge >= 0.3 is 0 Å². The van der Waals surface area contributed by atoms with Gasteiger partial charge in [0.15, 0.2) is 0 Å². The van der Waals surface area contributed by atoms with Gasteiger partial charge in [-0.15, -0.1) is 30.3 Å². The maximum absolute atomic E-state index is 10.7. The molecule has 2 aliphatic rings. The third-order valence-electron chi connectivity index (χ3n) is 8.92. The summed E-state index contributed by atoms with van der Waals surface area (Å²) in [6.07, 6.45) is 5.78. The van der Waals surface area contributed by atoms with E-state index in [1.165, 1.54) is 0 Å². The Morgan fingerprint density at radius 1 is 0.882 bits per heavy atom. The number of fused-ring (bicyclic) bond motifs is 2. The number of hydrogen-bond acceptors (Lipinski definition) is 4. The zero-order valence-corrected chi connectivity index (χ0v) is 23.1. The molecule has 187 valence electrons. The van der Waals surface area contributed by atoms with Crippen molar-refractivity contribution in [2.24, 2.45) is 22.7 Å². The summed E-state index contributed by atoms with van der Waals surface area (Å²) in [6, 6.07) is 18.5. The number of para-hydroxylation sites is 2. The summed E-state index contributed by atoms with van der Waals surface area (Å²) in [5.41, 5.74) is 2.72. The Kier molecular flexibility index (Phi) is 8.79. The molecule has 0 saturated heterocycles. The molecule has 2 fully saturated rings. The molecule has 1 heterocycles. The first kappa shape index (κ1) is 27.1. The van der Waals surface area contributed by atoms with Crippen molar-refractivity contribution < 1.29 is 34.7 Å². The van der Waals surface area contributed by atoms with Crippen molar-refractivity contribution in [1.29, 1.82) is 0 Å². The van der Waals surface area contributed by atoms with Crippen LogP contribution in [-0.4, -0.2) is 27.4 Å². The van der Waals surface area contributed by atoms with Gasteiger partial charge in [-0.2, -0.15) is 0 Å². The van der Waals surface area contributed by atoms with Gasteiger partial charge in [-0.05, 0) is 67.4 Å². The smallest absolute Gasteiger partial charge is 0.141 e. The molecular formula is C29H38IrNO3-. The number of hydrogen-bond donors (Lipinski definition) is 2. The molecule has 2 saturated carbocycles. The van der Waals surface area contributed by atoms with Crippen molar-refractivity contribution >= 4 is 11.1 Å². The van der Waals surface area contributed by atoms with E-state index in [4.69, 9.17) is 4.42 Å². The maximum Gasteiger partial charge on any atom is 0.141 e. The minimum absolute atomic E-state index is 0. The number of aliphatic hydroxyl groups excluding tert-OH is 2. The van der Waals surface area contributed by atoms with Crippen molar-refractivity contribution in [2.45, 2.75) is 78.4 Å². The van der Waals surface area contributed by atoms with Crippen LogP contribution in [0.5, 0.6) is 0 Å². The molecule has 5 heteroatoms.